The molecule has 2 aliphatic carbocycles. The van der Waals surface area contributed by atoms with Gasteiger partial charge in [0.2, 0.25) is 0 Å². The van der Waals surface area contributed by atoms with Crippen LogP contribution in [0.3, 0.4) is 0 Å². The first-order valence-corrected chi connectivity index (χ1v) is 10.7. The van der Waals surface area contributed by atoms with Gasteiger partial charge in [0.15, 0.2) is 9.84 Å². The van der Waals surface area contributed by atoms with Crippen LogP contribution in [0.4, 0.5) is 0 Å². The Kier molecular flexibility index (Phi) is 4.97. The van der Waals surface area contributed by atoms with Gasteiger partial charge < -0.3 is 11.1 Å². The zero-order valence-corrected chi connectivity index (χ0v) is 14.9. The molecule has 0 heterocycles. The minimum absolute atomic E-state index is 0.0440. The van der Waals surface area contributed by atoms with Crippen LogP contribution in [0.1, 0.15) is 48.0 Å². The van der Waals surface area contributed by atoms with E-state index in [-0.39, 0.29) is 23.7 Å². The molecule has 5 nitrogen and oxygen atoms in total. The summed E-state index contributed by atoms with van der Waals surface area (Å²) in [6.45, 7) is 0. The zero-order chi connectivity index (χ0) is 17.3. The number of amides is 1. The standard InChI is InChI=1S/C18H26N2O3S/c1-24(22,23)11-12-4-2-7-15(8-12)18(21)20-17-13-5-3-6-14(17)10-16(19)9-13/h2,4,7-8,13-14,16-17H,3,5-6,9-11,19H2,1H3,(H,20,21). The molecule has 1 amide bonds. The summed E-state index contributed by atoms with van der Waals surface area (Å²) < 4.78 is 22.9. The Morgan fingerprint density at radius 3 is 2.54 bits per heavy atom. The number of hydrogen-bond acceptors (Lipinski definition) is 4. The van der Waals surface area contributed by atoms with E-state index in [1.54, 1.807) is 24.3 Å². The molecule has 24 heavy (non-hydrogen) atoms. The van der Waals surface area contributed by atoms with E-state index in [1.807, 2.05) is 0 Å². The third-order valence-electron chi connectivity index (χ3n) is 5.29. The fourth-order valence-electron chi connectivity index (χ4n) is 4.36. The van der Waals surface area contributed by atoms with Gasteiger partial charge >= 0.3 is 0 Å². The Hall–Kier alpha value is -1.40. The number of carbonyl (C=O) groups is 1. The third kappa shape index (κ3) is 4.16. The lowest BCUT2D eigenvalue weighted by atomic mass is 9.67. The van der Waals surface area contributed by atoms with E-state index in [1.165, 1.54) is 12.7 Å². The third-order valence-corrected chi connectivity index (χ3v) is 6.15. The molecule has 2 aliphatic rings. The number of sulfone groups is 1. The largest absolute Gasteiger partial charge is 0.349 e. The smallest absolute Gasteiger partial charge is 0.251 e. The van der Waals surface area contributed by atoms with E-state index in [0.717, 1.165) is 25.7 Å². The highest BCUT2D eigenvalue weighted by Gasteiger charge is 2.39. The van der Waals surface area contributed by atoms with Gasteiger partial charge in [-0.3, -0.25) is 4.79 Å². The number of carbonyl (C=O) groups excluding carboxylic acids is 1. The maximum Gasteiger partial charge on any atom is 0.251 e. The van der Waals surface area contributed by atoms with Gasteiger partial charge in [-0.1, -0.05) is 18.6 Å². The van der Waals surface area contributed by atoms with Gasteiger partial charge in [-0.2, -0.15) is 0 Å². The minimum atomic E-state index is -3.11. The van der Waals surface area contributed by atoms with Gasteiger partial charge in [0.25, 0.3) is 5.91 Å². The Morgan fingerprint density at radius 2 is 1.92 bits per heavy atom. The van der Waals surface area contributed by atoms with Crippen molar-refractivity contribution in [3.63, 3.8) is 0 Å². The van der Waals surface area contributed by atoms with Crippen LogP contribution in [0.2, 0.25) is 0 Å². The van der Waals surface area contributed by atoms with Crippen LogP contribution in [-0.4, -0.2) is 32.7 Å². The van der Waals surface area contributed by atoms with Crippen molar-refractivity contribution in [3.05, 3.63) is 35.4 Å². The van der Waals surface area contributed by atoms with Gasteiger partial charge in [0, 0.05) is 23.9 Å². The number of nitrogens with one attached hydrogen (secondary N) is 1. The van der Waals surface area contributed by atoms with E-state index in [0.29, 0.717) is 23.0 Å². The highest BCUT2D eigenvalue weighted by molar-refractivity contribution is 7.89. The molecule has 132 valence electrons. The number of nitrogens with two attached hydrogens (primary N) is 1. The minimum Gasteiger partial charge on any atom is -0.349 e. The molecule has 0 radical (unpaired) electrons. The zero-order valence-electron chi connectivity index (χ0n) is 14.1. The van der Waals surface area contributed by atoms with Crippen molar-refractivity contribution in [2.75, 3.05) is 6.26 Å². The van der Waals surface area contributed by atoms with Gasteiger partial charge in [-0.15, -0.1) is 0 Å². The SMILES string of the molecule is CS(=O)(=O)Cc1cccc(C(=O)NC2C3CCCC2CC(N)C3)c1. The van der Waals surface area contributed by atoms with E-state index < -0.39 is 9.84 Å². The first-order chi connectivity index (χ1) is 11.3. The number of hydrogen-bond donors (Lipinski definition) is 2. The van der Waals surface area contributed by atoms with Crippen LogP contribution < -0.4 is 11.1 Å². The molecule has 0 saturated heterocycles. The summed E-state index contributed by atoms with van der Waals surface area (Å²) in [5.41, 5.74) is 7.32. The quantitative estimate of drug-likeness (QED) is 0.867. The predicted molar refractivity (Wildman–Crippen MR) is 94.3 cm³/mol. The van der Waals surface area contributed by atoms with Gasteiger partial charge in [-0.25, -0.2) is 8.42 Å². The van der Waals surface area contributed by atoms with Gasteiger partial charge in [0.05, 0.1) is 5.75 Å². The molecule has 3 rings (SSSR count). The fraction of sp³-hybridized carbons (Fsp3) is 0.611. The average molecular weight is 350 g/mol. The predicted octanol–water partition coefficient (Wildman–Crippen LogP) is 1.87. The number of benzene rings is 1. The Morgan fingerprint density at radius 1 is 1.25 bits per heavy atom. The molecule has 1 aromatic rings. The summed E-state index contributed by atoms with van der Waals surface area (Å²) in [6.07, 6.45) is 6.64. The topological polar surface area (TPSA) is 89.3 Å². The maximum absolute atomic E-state index is 12.7. The molecule has 2 unspecified atom stereocenters. The summed E-state index contributed by atoms with van der Waals surface area (Å²) in [6, 6.07) is 7.36. The molecule has 1 aromatic carbocycles. The molecular formula is C18H26N2O3S. The van der Waals surface area contributed by atoms with Crippen molar-refractivity contribution in [3.8, 4) is 0 Å². The average Bonchev–Trinajstić information content (AvgIpc) is 2.46. The van der Waals surface area contributed by atoms with Crippen molar-refractivity contribution in [1.29, 1.82) is 0 Å². The normalized spacial score (nSPS) is 29.9. The number of fused-ring (bicyclic) bond motifs is 2. The van der Waals surface area contributed by atoms with Crippen molar-refractivity contribution < 1.29 is 13.2 Å². The summed E-state index contributed by atoms with van der Waals surface area (Å²) in [4.78, 5) is 12.7. The van der Waals surface area contributed by atoms with Crippen molar-refractivity contribution in [2.24, 2.45) is 17.6 Å². The summed E-state index contributed by atoms with van der Waals surface area (Å²) >= 11 is 0. The number of rotatable bonds is 4. The first kappa shape index (κ1) is 17.4. The molecular weight excluding hydrogens is 324 g/mol. The first-order valence-electron chi connectivity index (χ1n) is 8.65. The van der Waals surface area contributed by atoms with E-state index in [9.17, 15) is 13.2 Å². The lowest BCUT2D eigenvalue weighted by Gasteiger charge is -2.45. The molecule has 2 atom stereocenters. The second kappa shape index (κ2) is 6.84. The molecule has 0 aliphatic heterocycles. The second-order valence-corrected chi connectivity index (χ2v) is 9.59. The van der Waals surface area contributed by atoms with Crippen LogP contribution in [-0.2, 0) is 15.6 Å². The van der Waals surface area contributed by atoms with E-state index in [4.69, 9.17) is 5.73 Å². The molecule has 2 saturated carbocycles. The Bertz CT molecular complexity index is 703. The summed E-state index contributed by atoms with van der Waals surface area (Å²) in [5, 5.41) is 3.20. The summed E-state index contributed by atoms with van der Waals surface area (Å²) in [7, 11) is -3.11. The molecule has 2 fully saturated rings. The van der Waals surface area contributed by atoms with Crippen molar-refractivity contribution in [2.45, 2.75) is 49.9 Å². The molecule has 6 heteroatoms. The fourth-order valence-corrected chi connectivity index (χ4v) is 5.15. The highest BCUT2D eigenvalue weighted by atomic mass is 32.2. The van der Waals surface area contributed by atoms with E-state index >= 15 is 0 Å². The maximum atomic E-state index is 12.7. The van der Waals surface area contributed by atoms with Crippen LogP contribution >= 0.6 is 0 Å². The van der Waals surface area contributed by atoms with Crippen molar-refractivity contribution in [1.82, 2.24) is 5.32 Å². The van der Waals surface area contributed by atoms with Crippen LogP contribution in [0, 0.1) is 11.8 Å². The second-order valence-electron chi connectivity index (χ2n) is 7.45. The lowest BCUT2D eigenvalue weighted by molar-refractivity contribution is 0.0756. The molecule has 2 bridgehead atoms. The monoisotopic (exact) mass is 350 g/mol. The Balaban J connectivity index is 1.72. The lowest BCUT2D eigenvalue weighted by Crippen LogP contribution is -2.53. The van der Waals surface area contributed by atoms with Crippen LogP contribution in [0.5, 0.6) is 0 Å². The van der Waals surface area contributed by atoms with E-state index in [2.05, 4.69) is 5.32 Å². The van der Waals surface area contributed by atoms with Gasteiger partial charge in [0.1, 0.15) is 0 Å². The molecule has 0 aromatic heterocycles. The molecule has 3 N–H and O–H groups in total. The van der Waals surface area contributed by atoms with Crippen LogP contribution in [0.15, 0.2) is 24.3 Å². The summed E-state index contributed by atoms with van der Waals surface area (Å²) in [5.74, 6) is 0.784. The van der Waals surface area contributed by atoms with Crippen molar-refractivity contribution >= 4 is 15.7 Å². The van der Waals surface area contributed by atoms with Gasteiger partial charge in [-0.05, 0) is 55.2 Å². The Labute approximate surface area is 143 Å². The highest BCUT2D eigenvalue weighted by Crippen LogP contribution is 2.39. The molecule has 0 spiro atoms. The van der Waals surface area contributed by atoms with Crippen LogP contribution in [0.25, 0.3) is 0 Å².